The molecule has 3 heteroatoms. The van der Waals surface area contributed by atoms with Crippen LogP contribution in [0.4, 0.5) is 0 Å². The van der Waals surface area contributed by atoms with Crippen LogP contribution in [0.25, 0.3) is 0 Å². The smallest absolute Gasteiger partial charge is 0.236 e. The Labute approximate surface area is 117 Å². The number of rotatable bonds is 6. The molecule has 19 heavy (non-hydrogen) atoms. The normalized spacial score (nSPS) is 10.6. The Morgan fingerprint density at radius 1 is 1.05 bits per heavy atom. The van der Waals surface area contributed by atoms with E-state index in [4.69, 9.17) is 0 Å². The minimum absolute atomic E-state index is 0.173. The Balaban J connectivity index is 2.54. The summed E-state index contributed by atoms with van der Waals surface area (Å²) < 4.78 is 0. The second-order valence-electron chi connectivity index (χ2n) is 5.03. The average Bonchev–Trinajstić information content (AvgIpc) is 2.37. The Morgan fingerprint density at radius 3 is 2.21 bits per heavy atom. The van der Waals surface area contributed by atoms with E-state index in [0.717, 1.165) is 19.6 Å². The van der Waals surface area contributed by atoms with Crippen molar-refractivity contribution < 1.29 is 4.79 Å². The van der Waals surface area contributed by atoms with Gasteiger partial charge in [-0.3, -0.25) is 4.79 Å². The summed E-state index contributed by atoms with van der Waals surface area (Å²) in [4.78, 5) is 13.7. The van der Waals surface area contributed by atoms with Crippen molar-refractivity contribution >= 4 is 5.91 Å². The van der Waals surface area contributed by atoms with Gasteiger partial charge in [-0.2, -0.15) is 0 Å². The molecule has 0 heterocycles. The Bertz CT molecular complexity index is 437. The van der Waals surface area contributed by atoms with Crippen LogP contribution in [0.3, 0.4) is 0 Å². The average molecular weight is 262 g/mol. The predicted molar refractivity (Wildman–Crippen MR) is 80.3 cm³/mol. The van der Waals surface area contributed by atoms with E-state index in [1.807, 2.05) is 18.7 Å². The quantitative estimate of drug-likeness (QED) is 0.854. The van der Waals surface area contributed by atoms with Crippen molar-refractivity contribution in [3.05, 3.63) is 34.4 Å². The molecular weight excluding hydrogens is 236 g/mol. The summed E-state index contributed by atoms with van der Waals surface area (Å²) in [5, 5.41) is 3.25. The molecule has 3 nitrogen and oxygen atoms in total. The zero-order chi connectivity index (χ0) is 14.4. The van der Waals surface area contributed by atoms with Gasteiger partial charge in [-0.05, 0) is 56.9 Å². The molecule has 0 unspecified atom stereocenters. The molecule has 0 aromatic heterocycles. The van der Waals surface area contributed by atoms with Crippen LogP contribution in [0.15, 0.2) is 12.1 Å². The minimum atomic E-state index is 0.173. The molecule has 1 rings (SSSR count). The van der Waals surface area contributed by atoms with Gasteiger partial charge in [0.25, 0.3) is 0 Å². The fourth-order valence-corrected chi connectivity index (χ4v) is 2.20. The first kappa shape index (κ1) is 15.7. The number of nitrogens with one attached hydrogen (secondary N) is 1. The number of nitrogens with zero attached hydrogens (tertiary/aromatic N) is 1. The van der Waals surface area contributed by atoms with Crippen LogP contribution in [-0.2, 0) is 11.3 Å². The monoisotopic (exact) mass is 262 g/mol. The van der Waals surface area contributed by atoms with Gasteiger partial charge in [0.1, 0.15) is 0 Å². The van der Waals surface area contributed by atoms with E-state index in [9.17, 15) is 4.79 Å². The van der Waals surface area contributed by atoms with Crippen molar-refractivity contribution in [2.24, 2.45) is 0 Å². The molecule has 0 spiro atoms. The van der Waals surface area contributed by atoms with E-state index in [1.54, 1.807) is 0 Å². The maximum absolute atomic E-state index is 11.9. The summed E-state index contributed by atoms with van der Waals surface area (Å²) in [5.41, 5.74) is 5.18. The van der Waals surface area contributed by atoms with Gasteiger partial charge in [-0.15, -0.1) is 0 Å². The first-order valence-corrected chi connectivity index (χ1v) is 7.04. The zero-order valence-corrected chi connectivity index (χ0v) is 12.8. The van der Waals surface area contributed by atoms with Crippen LogP contribution in [-0.4, -0.2) is 30.4 Å². The first-order chi connectivity index (χ1) is 8.99. The molecule has 1 N–H and O–H groups in total. The van der Waals surface area contributed by atoms with Crippen LogP contribution in [0.2, 0.25) is 0 Å². The van der Waals surface area contributed by atoms with Crippen molar-refractivity contribution in [1.29, 1.82) is 0 Å². The molecule has 0 saturated carbocycles. The Morgan fingerprint density at radius 2 is 1.63 bits per heavy atom. The second-order valence-corrected chi connectivity index (χ2v) is 5.03. The lowest BCUT2D eigenvalue weighted by molar-refractivity contribution is -0.129. The van der Waals surface area contributed by atoms with E-state index < -0.39 is 0 Å². The van der Waals surface area contributed by atoms with E-state index in [0.29, 0.717) is 6.54 Å². The molecule has 0 radical (unpaired) electrons. The Hall–Kier alpha value is -1.35. The number of hydrogen-bond acceptors (Lipinski definition) is 2. The summed E-state index contributed by atoms with van der Waals surface area (Å²) in [7, 11) is 0. The van der Waals surface area contributed by atoms with Crippen LogP contribution in [0.1, 0.15) is 36.1 Å². The number of carbonyl (C=O) groups excluding carboxylic acids is 1. The van der Waals surface area contributed by atoms with Crippen molar-refractivity contribution in [1.82, 2.24) is 10.2 Å². The fourth-order valence-electron chi connectivity index (χ4n) is 2.20. The molecule has 0 fully saturated rings. The molecular formula is C16H26N2O. The summed E-state index contributed by atoms with van der Waals surface area (Å²) in [6.07, 6.45) is 0. The van der Waals surface area contributed by atoms with Crippen molar-refractivity contribution in [3.8, 4) is 0 Å². The number of amides is 1. The summed E-state index contributed by atoms with van der Waals surface area (Å²) in [6, 6.07) is 4.41. The van der Waals surface area contributed by atoms with Gasteiger partial charge in [-0.1, -0.05) is 12.1 Å². The van der Waals surface area contributed by atoms with Gasteiger partial charge in [0.15, 0.2) is 0 Å². The topological polar surface area (TPSA) is 32.3 Å². The van der Waals surface area contributed by atoms with E-state index in [-0.39, 0.29) is 5.91 Å². The third-order valence-corrected chi connectivity index (χ3v) is 3.66. The largest absolute Gasteiger partial charge is 0.342 e. The molecule has 0 atom stereocenters. The van der Waals surface area contributed by atoms with Crippen molar-refractivity contribution in [2.75, 3.05) is 19.6 Å². The van der Waals surface area contributed by atoms with Gasteiger partial charge < -0.3 is 10.2 Å². The SMILES string of the molecule is CCN(CC)C(=O)CNCc1cc(C)c(C)cc1C. The van der Waals surface area contributed by atoms with Gasteiger partial charge in [0.05, 0.1) is 6.54 Å². The first-order valence-electron chi connectivity index (χ1n) is 7.04. The number of benzene rings is 1. The van der Waals surface area contributed by atoms with Gasteiger partial charge in [-0.25, -0.2) is 0 Å². The summed E-state index contributed by atoms with van der Waals surface area (Å²) in [5.74, 6) is 0.173. The van der Waals surface area contributed by atoms with Crippen molar-refractivity contribution in [3.63, 3.8) is 0 Å². The van der Waals surface area contributed by atoms with Crippen LogP contribution >= 0.6 is 0 Å². The highest BCUT2D eigenvalue weighted by atomic mass is 16.2. The van der Waals surface area contributed by atoms with Gasteiger partial charge >= 0.3 is 0 Å². The molecule has 0 aliphatic rings. The lowest BCUT2D eigenvalue weighted by Gasteiger charge is -2.19. The van der Waals surface area contributed by atoms with Crippen molar-refractivity contribution in [2.45, 2.75) is 41.2 Å². The highest BCUT2D eigenvalue weighted by Crippen LogP contribution is 2.14. The minimum Gasteiger partial charge on any atom is -0.342 e. The maximum Gasteiger partial charge on any atom is 0.236 e. The molecule has 0 aliphatic heterocycles. The highest BCUT2D eigenvalue weighted by Gasteiger charge is 2.09. The molecule has 1 aromatic rings. The highest BCUT2D eigenvalue weighted by molar-refractivity contribution is 5.78. The van der Waals surface area contributed by atoms with E-state index in [1.165, 1.54) is 22.3 Å². The van der Waals surface area contributed by atoms with Gasteiger partial charge in [0.2, 0.25) is 5.91 Å². The number of likely N-dealkylation sites (N-methyl/N-ethyl adjacent to an activating group) is 1. The maximum atomic E-state index is 11.9. The molecule has 0 bridgehead atoms. The Kier molecular flexibility index (Phi) is 6.03. The zero-order valence-electron chi connectivity index (χ0n) is 12.8. The van der Waals surface area contributed by atoms with Crippen LogP contribution < -0.4 is 5.32 Å². The fraction of sp³-hybridized carbons (Fsp3) is 0.562. The number of hydrogen-bond donors (Lipinski definition) is 1. The lowest BCUT2D eigenvalue weighted by Crippen LogP contribution is -2.37. The molecule has 1 amide bonds. The molecule has 1 aromatic carbocycles. The number of carbonyl (C=O) groups is 1. The molecule has 0 saturated heterocycles. The summed E-state index contributed by atoms with van der Waals surface area (Å²) >= 11 is 0. The predicted octanol–water partition coefficient (Wildman–Crippen LogP) is 2.57. The van der Waals surface area contributed by atoms with Gasteiger partial charge in [0, 0.05) is 19.6 Å². The van der Waals surface area contributed by atoms with Crippen LogP contribution in [0, 0.1) is 20.8 Å². The lowest BCUT2D eigenvalue weighted by atomic mass is 10.0. The summed E-state index contributed by atoms with van der Waals surface area (Å²) in [6.45, 7) is 13.1. The third-order valence-electron chi connectivity index (χ3n) is 3.66. The van der Waals surface area contributed by atoms with E-state index >= 15 is 0 Å². The molecule has 106 valence electrons. The molecule has 0 aliphatic carbocycles. The van der Waals surface area contributed by atoms with Crippen LogP contribution in [0.5, 0.6) is 0 Å². The third kappa shape index (κ3) is 4.35. The second kappa shape index (κ2) is 7.29. The van der Waals surface area contributed by atoms with E-state index in [2.05, 4.69) is 38.2 Å². The standard InChI is InChI=1S/C16H26N2O/c1-6-18(7-2)16(19)11-17-10-15-9-13(4)12(3)8-14(15)5/h8-9,17H,6-7,10-11H2,1-5H3. The number of aryl methyl sites for hydroxylation is 3.